The number of hydrogen-bond acceptors (Lipinski definition) is 6. The van der Waals surface area contributed by atoms with E-state index in [4.69, 9.17) is 26.1 Å². The number of nitrogens with one attached hydrogen (secondary N) is 1. The molecule has 3 aromatic rings. The Morgan fingerprint density at radius 1 is 1.06 bits per heavy atom. The first-order valence-electron chi connectivity index (χ1n) is 10.7. The van der Waals surface area contributed by atoms with Crippen molar-refractivity contribution in [1.82, 2.24) is 20.1 Å². The minimum absolute atomic E-state index is 0.551. The van der Waals surface area contributed by atoms with E-state index in [2.05, 4.69) is 15.5 Å². The van der Waals surface area contributed by atoms with E-state index >= 15 is 0 Å². The molecule has 0 aliphatic carbocycles. The standard InChI is InChI=1S/C22H24ClN5O2.C2H6/c1-14-26-27-21-22(2,24-11-12-29-3)25-20(15-5-7-16(23)8-6-15)18-13-17(30-4)9-10-19(18)28(14)21;1-2/h5-10,13,24H,11-12H2,1-4H3;1-2H3. The van der Waals surface area contributed by atoms with E-state index in [1.54, 1.807) is 14.2 Å². The molecule has 8 heteroatoms. The summed E-state index contributed by atoms with van der Waals surface area (Å²) in [4.78, 5) is 5.18. The van der Waals surface area contributed by atoms with Gasteiger partial charge in [0.25, 0.3) is 0 Å². The number of halogens is 1. The Hall–Kier alpha value is -2.74. The number of benzene rings is 2. The van der Waals surface area contributed by atoms with Gasteiger partial charge in [-0.3, -0.25) is 14.9 Å². The zero-order valence-corrected chi connectivity index (χ0v) is 20.2. The Kier molecular flexibility index (Phi) is 7.66. The largest absolute Gasteiger partial charge is 0.497 e. The molecular formula is C24H30ClN5O2. The van der Waals surface area contributed by atoms with Crippen LogP contribution in [0.4, 0.5) is 0 Å². The van der Waals surface area contributed by atoms with Crippen molar-refractivity contribution in [2.24, 2.45) is 4.99 Å². The Balaban J connectivity index is 0.00000141. The van der Waals surface area contributed by atoms with E-state index < -0.39 is 5.66 Å². The molecular weight excluding hydrogens is 426 g/mol. The van der Waals surface area contributed by atoms with Gasteiger partial charge in [-0.2, -0.15) is 0 Å². The van der Waals surface area contributed by atoms with Gasteiger partial charge >= 0.3 is 0 Å². The van der Waals surface area contributed by atoms with Crippen molar-refractivity contribution >= 4 is 17.3 Å². The van der Waals surface area contributed by atoms with Crippen LogP contribution >= 0.6 is 11.6 Å². The van der Waals surface area contributed by atoms with Crippen molar-refractivity contribution in [1.29, 1.82) is 0 Å². The zero-order chi connectivity index (χ0) is 23.3. The van der Waals surface area contributed by atoms with Crippen molar-refractivity contribution < 1.29 is 9.47 Å². The van der Waals surface area contributed by atoms with Crippen LogP contribution in [0.1, 0.15) is 43.5 Å². The normalized spacial score (nSPS) is 16.8. The van der Waals surface area contributed by atoms with Crippen molar-refractivity contribution in [3.8, 4) is 11.4 Å². The van der Waals surface area contributed by atoms with Gasteiger partial charge in [0.2, 0.25) is 0 Å². The predicted octanol–water partition coefficient (Wildman–Crippen LogP) is 4.52. The molecule has 0 saturated carbocycles. The average Bonchev–Trinajstić information content (AvgIpc) is 3.16. The smallest absolute Gasteiger partial charge is 0.180 e. The van der Waals surface area contributed by atoms with E-state index in [0.717, 1.165) is 34.1 Å². The molecule has 1 aliphatic rings. The van der Waals surface area contributed by atoms with Gasteiger partial charge in [0, 0.05) is 29.8 Å². The van der Waals surface area contributed by atoms with Gasteiger partial charge in [0.1, 0.15) is 11.6 Å². The molecule has 2 aromatic carbocycles. The van der Waals surface area contributed by atoms with E-state index in [0.29, 0.717) is 24.0 Å². The van der Waals surface area contributed by atoms with Crippen LogP contribution < -0.4 is 10.1 Å². The molecule has 0 spiro atoms. The Labute approximate surface area is 194 Å². The molecule has 0 bridgehead atoms. The minimum atomic E-state index is -0.818. The average molecular weight is 456 g/mol. The molecule has 1 N–H and O–H groups in total. The Morgan fingerprint density at radius 2 is 1.78 bits per heavy atom. The number of rotatable bonds is 6. The SMILES string of the molecule is CC.COCCNC1(C)N=C(c2ccc(Cl)cc2)c2cc(OC)ccc2-n2c(C)nnc21. The maximum atomic E-state index is 6.14. The van der Waals surface area contributed by atoms with Crippen LogP contribution in [0.15, 0.2) is 47.5 Å². The molecule has 2 heterocycles. The Morgan fingerprint density at radius 3 is 2.44 bits per heavy atom. The quantitative estimate of drug-likeness (QED) is 0.553. The number of aryl methyl sites for hydroxylation is 1. The van der Waals surface area contributed by atoms with Crippen LogP contribution in [0.25, 0.3) is 5.69 Å². The molecule has 0 saturated heterocycles. The summed E-state index contributed by atoms with van der Waals surface area (Å²) >= 11 is 6.14. The summed E-state index contributed by atoms with van der Waals surface area (Å²) in [6.07, 6.45) is 0. The molecule has 0 amide bonds. The summed E-state index contributed by atoms with van der Waals surface area (Å²) in [6.45, 7) is 9.10. The third-order valence-electron chi connectivity index (χ3n) is 5.19. The molecule has 1 atom stereocenters. The lowest BCUT2D eigenvalue weighted by Gasteiger charge is -2.25. The molecule has 7 nitrogen and oxygen atoms in total. The maximum Gasteiger partial charge on any atom is 0.180 e. The highest BCUT2D eigenvalue weighted by atomic mass is 35.5. The first-order chi connectivity index (χ1) is 15.5. The second-order valence-corrected chi connectivity index (χ2v) is 7.68. The van der Waals surface area contributed by atoms with Crippen LogP contribution in [0.5, 0.6) is 5.75 Å². The summed E-state index contributed by atoms with van der Waals surface area (Å²) in [5, 5.41) is 13.0. The van der Waals surface area contributed by atoms with Crippen LogP contribution in [-0.2, 0) is 10.4 Å². The van der Waals surface area contributed by atoms with Gasteiger partial charge in [0.05, 0.1) is 25.1 Å². The summed E-state index contributed by atoms with van der Waals surface area (Å²) in [5.41, 5.74) is 2.82. The van der Waals surface area contributed by atoms with Crippen molar-refractivity contribution in [3.63, 3.8) is 0 Å². The van der Waals surface area contributed by atoms with Gasteiger partial charge in [-0.25, -0.2) is 0 Å². The number of methoxy groups -OCH3 is 2. The molecule has 1 unspecified atom stereocenters. The molecule has 4 rings (SSSR count). The number of aliphatic imine (C=N–C) groups is 1. The molecule has 0 fully saturated rings. The number of nitrogens with zero attached hydrogens (tertiary/aromatic N) is 4. The van der Waals surface area contributed by atoms with Gasteiger partial charge < -0.3 is 9.47 Å². The van der Waals surface area contributed by atoms with Gasteiger partial charge in [-0.15, -0.1) is 10.2 Å². The summed E-state index contributed by atoms with van der Waals surface area (Å²) < 4.78 is 12.8. The summed E-state index contributed by atoms with van der Waals surface area (Å²) in [7, 11) is 3.33. The van der Waals surface area contributed by atoms with Crippen molar-refractivity contribution in [2.45, 2.75) is 33.4 Å². The fourth-order valence-corrected chi connectivity index (χ4v) is 3.80. The number of fused-ring (bicyclic) bond motifs is 3. The minimum Gasteiger partial charge on any atom is -0.497 e. The van der Waals surface area contributed by atoms with E-state index in [9.17, 15) is 0 Å². The van der Waals surface area contributed by atoms with E-state index in [1.165, 1.54) is 0 Å². The molecule has 1 aromatic heterocycles. The van der Waals surface area contributed by atoms with Gasteiger partial charge in [-0.05, 0) is 44.2 Å². The van der Waals surface area contributed by atoms with E-state index in [-0.39, 0.29) is 0 Å². The number of aromatic nitrogens is 3. The Bertz CT molecular complexity index is 1090. The lowest BCUT2D eigenvalue weighted by Crippen LogP contribution is -2.42. The lowest BCUT2D eigenvalue weighted by atomic mass is 10.00. The third kappa shape index (κ3) is 4.55. The van der Waals surface area contributed by atoms with E-state index in [1.807, 2.05) is 74.7 Å². The fraction of sp³-hybridized carbons (Fsp3) is 0.375. The second kappa shape index (κ2) is 10.3. The van der Waals surface area contributed by atoms with Crippen LogP contribution in [-0.4, -0.2) is 47.8 Å². The summed E-state index contributed by atoms with van der Waals surface area (Å²) in [5.74, 6) is 2.24. The second-order valence-electron chi connectivity index (χ2n) is 7.25. The molecule has 170 valence electrons. The van der Waals surface area contributed by atoms with Gasteiger partial charge in [-0.1, -0.05) is 37.6 Å². The fourth-order valence-electron chi connectivity index (χ4n) is 3.67. The number of ether oxygens (including phenoxy) is 2. The maximum absolute atomic E-state index is 6.14. The first-order valence-corrected chi connectivity index (χ1v) is 11.1. The highest BCUT2D eigenvalue weighted by molar-refractivity contribution is 6.30. The first kappa shape index (κ1) is 23.9. The summed E-state index contributed by atoms with van der Waals surface area (Å²) in [6, 6.07) is 13.6. The van der Waals surface area contributed by atoms with Crippen molar-refractivity contribution in [3.05, 3.63) is 70.3 Å². The molecule has 32 heavy (non-hydrogen) atoms. The monoisotopic (exact) mass is 455 g/mol. The molecule has 1 aliphatic heterocycles. The van der Waals surface area contributed by atoms with Crippen LogP contribution in [0.3, 0.4) is 0 Å². The van der Waals surface area contributed by atoms with Crippen molar-refractivity contribution in [2.75, 3.05) is 27.4 Å². The van der Waals surface area contributed by atoms with Crippen LogP contribution in [0.2, 0.25) is 5.02 Å². The zero-order valence-electron chi connectivity index (χ0n) is 19.4. The topological polar surface area (TPSA) is 73.6 Å². The highest BCUT2D eigenvalue weighted by Crippen LogP contribution is 2.34. The highest BCUT2D eigenvalue weighted by Gasteiger charge is 2.37. The van der Waals surface area contributed by atoms with Crippen LogP contribution in [0, 0.1) is 6.92 Å². The predicted molar refractivity (Wildman–Crippen MR) is 128 cm³/mol. The molecule has 0 radical (unpaired) electrons. The number of hydrogen-bond donors (Lipinski definition) is 1. The van der Waals surface area contributed by atoms with Gasteiger partial charge in [0.15, 0.2) is 11.5 Å². The third-order valence-corrected chi connectivity index (χ3v) is 5.44. The lowest BCUT2D eigenvalue weighted by molar-refractivity contribution is 0.185.